The van der Waals surface area contributed by atoms with Crippen LogP contribution >= 0.6 is 0 Å². The van der Waals surface area contributed by atoms with Gasteiger partial charge in [-0.15, -0.1) is 0 Å². The Morgan fingerprint density at radius 3 is 2.46 bits per heavy atom. The van der Waals surface area contributed by atoms with E-state index < -0.39 is 5.97 Å². The number of likely N-dealkylation sites (tertiary alicyclic amines) is 1. The van der Waals surface area contributed by atoms with Crippen molar-refractivity contribution in [3.63, 3.8) is 0 Å². The highest BCUT2D eigenvalue weighted by molar-refractivity contribution is 5.90. The third kappa shape index (κ3) is 5.00. The van der Waals surface area contributed by atoms with E-state index in [2.05, 4.69) is 0 Å². The fraction of sp³-hybridized carbons (Fsp3) is 0.500. The second kappa shape index (κ2) is 9.27. The van der Waals surface area contributed by atoms with E-state index in [1.54, 1.807) is 38.5 Å². The Kier molecular flexibility index (Phi) is 7.06. The summed E-state index contributed by atoms with van der Waals surface area (Å²) in [6.45, 7) is 3.82. The van der Waals surface area contributed by atoms with E-state index in [1.165, 1.54) is 6.08 Å². The summed E-state index contributed by atoms with van der Waals surface area (Å²) in [5.41, 5.74) is 0.688. The monoisotopic (exact) mass is 361 g/mol. The molecule has 1 aromatic rings. The highest BCUT2D eigenvalue weighted by Gasteiger charge is 2.29. The summed E-state index contributed by atoms with van der Waals surface area (Å²) < 4.78 is 15.5. The minimum Gasteiger partial charge on any atom is -0.497 e. The molecule has 0 N–H and O–H groups in total. The summed E-state index contributed by atoms with van der Waals surface area (Å²) in [5, 5.41) is 0. The lowest BCUT2D eigenvalue weighted by Crippen LogP contribution is -2.49. The van der Waals surface area contributed by atoms with Gasteiger partial charge in [0.05, 0.1) is 14.2 Å². The highest BCUT2D eigenvalue weighted by Crippen LogP contribution is 2.25. The van der Waals surface area contributed by atoms with Crippen molar-refractivity contribution in [2.24, 2.45) is 0 Å². The molecular formula is C20H27NO5. The molecule has 142 valence electrons. The molecule has 1 heterocycles. The molecule has 1 amide bonds. The van der Waals surface area contributed by atoms with Gasteiger partial charge in [0.25, 0.3) is 5.91 Å². The van der Waals surface area contributed by atoms with Crippen LogP contribution in [-0.4, -0.2) is 49.7 Å². The Morgan fingerprint density at radius 2 is 1.85 bits per heavy atom. The van der Waals surface area contributed by atoms with Crippen LogP contribution in [0, 0.1) is 0 Å². The first-order valence-corrected chi connectivity index (χ1v) is 8.84. The molecule has 0 aromatic heterocycles. The number of piperidine rings is 1. The molecule has 2 rings (SSSR count). The van der Waals surface area contributed by atoms with Crippen molar-refractivity contribution in [2.75, 3.05) is 20.8 Å². The fourth-order valence-electron chi connectivity index (χ4n) is 3.30. The Labute approximate surface area is 154 Å². The van der Waals surface area contributed by atoms with Crippen LogP contribution in [0.5, 0.6) is 11.5 Å². The van der Waals surface area contributed by atoms with E-state index in [1.807, 2.05) is 18.7 Å². The molecule has 26 heavy (non-hydrogen) atoms. The zero-order valence-electron chi connectivity index (χ0n) is 15.9. The van der Waals surface area contributed by atoms with Crippen LogP contribution in [0.3, 0.4) is 0 Å². The summed E-state index contributed by atoms with van der Waals surface area (Å²) in [6.07, 6.45) is 5.96. The van der Waals surface area contributed by atoms with Crippen LogP contribution < -0.4 is 9.47 Å². The van der Waals surface area contributed by atoms with Crippen LogP contribution in [0.25, 0.3) is 6.08 Å². The van der Waals surface area contributed by atoms with Crippen LogP contribution in [-0.2, 0) is 14.3 Å². The number of hydrogen-bond acceptors (Lipinski definition) is 5. The lowest BCUT2D eigenvalue weighted by Gasteiger charge is -2.38. The van der Waals surface area contributed by atoms with Gasteiger partial charge in [-0.3, -0.25) is 4.79 Å². The van der Waals surface area contributed by atoms with Gasteiger partial charge >= 0.3 is 5.97 Å². The number of rotatable bonds is 6. The van der Waals surface area contributed by atoms with E-state index in [0.29, 0.717) is 17.1 Å². The van der Waals surface area contributed by atoms with E-state index in [-0.39, 0.29) is 24.6 Å². The predicted molar refractivity (Wildman–Crippen MR) is 99.2 cm³/mol. The van der Waals surface area contributed by atoms with Crippen LogP contribution in [0.4, 0.5) is 0 Å². The zero-order valence-corrected chi connectivity index (χ0v) is 15.9. The first-order chi connectivity index (χ1) is 12.5. The lowest BCUT2D eigenvalue weighted by atomic mass is 9.97. The molecule has 1 aliphatic heterocycles. The molecule has 1 saturated heterocycles. The van der Waals surface area contributed by atoms with Crippen molar-refractivity contribution < 1.29 is 23.8 Å². The summed E-state index contributed by atoms with van der Waals surface area (Å²) in [6, 6.07) is 5.65. The van der Waals surface area contributed by atoms with Gasteiger partial charge in [-0.2, -0.15) is 0 Å². The average molecular weight is 361 g/mol. The molecule has 0 unspecified atom stereocenters. The van der Waals surface area contributed by atoms with Crippen molar-refractivity contribution in [2.45, 2.75) is 45.2 Å². The molecule has 2 atom stereocenters. The molecule has 0 saturated carbocycles. The second-order valence-electron chi connectivity index (χ2n) is 6.48. The maximum atomic E-state index is 12.4. The van der Waals surface area contributed by atoms with Crippen LogP contribution in [0.1, 0.15) is 38.7 Å². The van der Waals surface area contributed by atoms with Crippen molar-refractivity contribution >= 4 is 18.0 Å². The van der Waals surface area contributed by atoms with Crippen LogP contribution in [0.15, 0.2) is 24.3 Å². The topological polar surface area (TPSA) is 65.1 Å². The Hall–Kier alpha value is -2.50. The zero-order chi connectivity index (χ0) is 19.1. The number of hydrogen-bond donors (Lipinski definition) is 0. The largest absolute Gasteiger partial charge is 0.497 e. The Bertz CT molecular complexity index is 660. The van der Waals surface area contributed by atoms with Gasteiger partial charge < -0.3 is 19.1 Å². The van der Waals surface area contributed by atoms with E-state index in [4.69, 9.17) is 14.2 Å². The molecule has 0 spiro atoms. The SMILES string of the molecule is COc1ccc(OC)c(/C=C/C(=O)OCC(=O)N2[C@@H](C)CCC[C@@H]2C)c1. The van der Waals surface area contributed by atoms with Gasteiger partial charge in [0.2, 0.25) is 0 Å². The number of benzene rings is 1. The molecular weight excluding hydrogens is 334 g/mol. The summed E-state index contributed by atoms with van der Waals surface area (Å²) in [7, 11) is 3.12. The normalized spacial score (nSPS) is 20.1. The Morgan fingerprint density at radius 1 is 1.15 bits per heavy atom. The lowest BCUT2D eigenvalue weighted by molar-refractivity contribution is -0.151. The van der Waals surface area contributed by atoms with Gasteiger partial charge in [-0.1, -0.05) is 0 Å². The minimum atomic E-state index is -0.569. The fourth-order valence-corrected chi connectivity index (χ4v) is 3.30. The maximum absolute atomic E-state index is 12.4. The number of methoxy groups -OCH3 is 2. The van der Waals surface area contributed by atoms with Crippen molar-refractivity contribution in [1.29, 1.82) is 0 Å². The quantitative estimate of drug-likeness (QED) is 0.576. The van der Waals surface area contributed by atoms with E-state index in [9.17, 15) is 9.59 Å². The van der Waals surface area contributed by atoms with Gasteiger partial charge in [0.15, 0.2) is 6.61 Å². The maximum Gasteiger partial charge on any atom is 0.331 e. The second-order valence-corrected chi connectivity index (χ2v) is 6.48. The summed E-state index contributed by atoms with van der Waals surface area (Å²) >= 11 is 0. The average Bonchev–Trinajstić information content (AvgIpc) is 2.64. The molecule has 6 nitrogen and oxygen atoms in total. The summed E-state index contributed by atoms with van der Waals surface area (Å²) in [5.74, 6) is 0.551. The third-order valence-corrected chi connectivity index (χ3v) is 4.66. The number of nitrogens with zero attached hydrogens (tertiary/aromatic N) is 1. The molecule has 1 aliphatic rings. The van der Waals surface area contributed by atoms with Gasteiger partial charge in [0.1, 0.15) is 11.5 Å². The predicted octanol–water partition coefficient (Wildman–Crippen LogP) is 3.05. The molecule has 1 aromatic carbocycles. The highest BCUT2D eigenvalue weighted by atomic mass is 16.5. The van der Waals surface area contributed by atoms with Crippen molar-refractivity contribution in [3.8, 4) is 11.5 Å². The molecule has 0 radical (unpaired) electrons. The number of ether oxygens (including phenoxy) is 3. The standard InChI is InChI=1S/C20H27NO5/c1-14-6-5-7-15(2)21(14)19(22)13-26-20(23)11-8-16-12-17(24-3)9-10-18(16)25-4/h8-12,14-15H,5-7,13H2,1-4H3/b11-8+/t14-,15-/m0/s1. The number of amides is 1. The number of carbonyl (C=O) groups excluding carboxylic acids is 2. The smallest absolute Gasteiger partial charge is 0.331 e. The number of esters is 1. The summed E-state index contributed by atoms with van der Waals surface area (Å²) in [4.78, 5) is 26.2. The first kappa shape index (κ1) is 19.8. The molecule has 1 fully saturated rings. The van der Waals surface area contributed by atoms with Gasteiger partial charge in [-0.05, 0) is 57.4 Å². The van der Waals surface area contributed by atoms with Gasteiger partial charge in [-0.25, -0.2) is 4.79 Å². The molecule has 6 heteroatoms. The van der Waals surface area contributed by atoms with E-state index in [0.717, 1.165) is 19.3 Å². The van der Waals surface area contributed by atoms with Crippen molar-refractivity contribution in [1.82, 2.24) is 4.90 Å². The first-order valence-electron chi connectivity index (χ1n) is 8.84. The minimum absolute atomic E-state index is 0.148. The molecule has 0 aliphatic carbocycles. The van der Waals surface area contributed by atoms with Crippen molar-refractivity contribution in [3.05, 3.63) is 29.8 Å². The van der Waals surface area contributed by atoms with Gasteiger partial charge in [0, 0.05) is 23.7 Å². The van der Waals surface area contributed by atoms with E-state index >= 15 is 0 Å². The van der Waals surface area contributed by atoms with Crippen LogP contribution in [0.2, 0.25) is 0 Å². The number of carbonyl (C=O) groups is 2. The molecule has 0 bridgehead atoms. The third-order valence-electron chi connectivity index (χ3n) is 4.66. The Balaban J connectivity index is 1.94.